The van der Waals surface area contributed by atoms with Crippen LogP contribution in [0.4, 0.5) is 3.89 Å². The summed E-state index contributed by atoms with van der Waals surface area (Å²) in [5, 5.41) is 11.3. The predicted octanol–water partition coefficient (Wildman–Crippen LogP) is 5.71. The zero-order valence-corrected chi connectivity index (χ0v) is 23.3. The molecule has 1 aliphatic heterocycles. The van der Waals surface area contributed by atoms with E-state index in [1.165, 1.54) is 6.07 Å². The molecule has 1 saturated heterocycles. The Morgan fingerprint density at radius 2 is 1.95 bits per heavy atom. The largest absolute Gasteiger partial charge is 0.488 e. The number of rotatable bonds is 6. The van der Waals surface area contributed by atoms with Gasteiger partial charge in [-0.25, -0.2) is 0 Å². The van der Waals surface area contributed by atoms with E-state index in [2.05, 4.69) is 38.6 Å². The van der Waals surface area contributed by atoms with Crippen LogP contribution in [0.1, 0.15) is 43.9 Å². The van der Waals surface area contributed by atoms with Crippen LogP contribution in [-0.4, -0.2) is 36.2 Å². The number of H-pyrrole nitrogens is 1. The second kappa shape index (κ2) is 10.3. The minimum absolute atomic E-state index is 0.0334. The van der Waals surface area contributed by atoms with Crippen LogP contribution in [0.25, 0.3) is 44.0 Å². The summed E-state index contributed by atoms with van der Waals surface area (Å²) in [5.41, 5.74) is 4.59. The van der Waals surface area contributed by atoms with Gasteiger partial charge in [0.2, 0.25) is 0 Å². The van der Waals surface area contributed by atoms with Crippen molar-refractivity contribution in [2.24, 2.45) is 5.92 Å². The highest BCUT2D eigenvalue weighted by atomic mass is 32.3. The molecule has 0 amide bonds. The van der Waals surface area contributed by atoms with E-state index in [9.17, 15) is 22.4 Å². The Morgan fingerprint density at radius 1 is 1.17 bits per heavy atom. The van der Waals surface area contributed by atoms with Crippen molar-refractivity contribution < 1.29 is 21.2 Å². The minimum atomic E-state index is -5.23. The molecule has 9 nitrogen and oxygen atoms in total. The van der Waals surface area contributed by atoms with E-state index in [1.807, 2.05) is 18.2 Å². The van der Waals surface area contributed by atoms with E-state index in [1.54, 1.807) is 18.3 Å². The van der Waals surface area contributed by atoms with Gasteiger partial charge in [-0.15, -0.1) is 0 Å². The summed E-state index contributed by atoms with van der Waals surface area (Å²) in [6.45, 7) is 5.30. The second-order valence-electron chi connectivity index (χ2n) is 10.8. The van der Waals surface area contributed by atoms with Crippen LogP contribution >= 0.6 is 0 Å². The van der Waals surface area contributed by atoms with Gasteiger partial charge in [-0.2, -0.15) is 13.7 Å². The van der Waals surface area contributed by atoms with Crippen molar-refractivity contribution in [3.05, 3.63) is 70.1 Å². The van der Waals surface area contributed by atoms with E-state index in [-0.39, 0.29) is 23.1 Å². The van der Waals surface area contributed by atoms with Crippen LogP contribution in [-0.2, 0) is 21.7 Å². The van der Waals surface area contributed by atoms with Crippen LogP contribution in [0.2, 0.25) is 0 Å². The molecule has 0 saturated carbocycles. The Bertz CT molecular complexity index is 2040. The minimum Gasteiger partial charge on any atom is -0.381 e. The fourth-order valence-corrected chi connectivity index (χ4v) is 6.18. The molecule has 0 atom stereocenters. The number of hydrogen-bond acceptors (Lipinski definition) is 7. The number of pyridine rings is 2. The smallest absolute Gasteiger partial charge is 0.381 e. The molecule has 41 heavy (non-hydrogen) atoms. The van der Waals surface area contributed by atoms with Crippen LogP contribution < -0.4 is 9.61 Å². The van der Waals surface area contributed by atoms with Crippen LogP contribution in [0.15, 0.2) is 53.6 Å². The third-order valence-corrected chi connectivity index (χ3v) is 7.90. The third-order valence-electron chi connectivity index (χ3n) is 7.51. The molecule has 11 heteroatoms. The number of aromatic amines is 1. The van der Waals surface area contributed by atoms with Gasteiger partial charge in [-0.05, 0) is 66.6 Å². The van der Waals surface area contributed by atoms with Gasteiger partial charge in [0, 0.05) is 47.3 Å². The number of benzene rings is 2. The maximum absolute atomic E-state index is 14.2. The Balaban J connectivity index is 1.70. The fourth-order valence-electron chi connectivity index (χ4n) is 5.86. The summed E-state index contributed by atoms with van der Waals surface area (Å²) in [4.78, 5) is 21.7. The average molecular weight is 575 g/mol. The number of fused-ring (bicyclic) bond motifs is 4. The van der Waals surface area contributed by atoms with Crippen LogP contribution in [0.5, 0.6) is 5.75 Å². The predicted molar refractivity (Wildman–Crippen MR) is 154 cm³/mol. The lowest BCUT2D eigenvalue weighted by Crippen LogP contribution is -2.23. The number of halogens is 1. The molecule has 1 N–H and O–H groups in total. The van der Waals surface area contributed by atoms with Crippen LogP contribution in [0.3, 0.4) is 0 Å². The van der Waals surface area contributed by atoms with Crippen molar-refractivity contribution in [1.29, 1.82) is 5.26 Å². The molecule has 1 aliphatic rings. The van der Waals surface area contributed by atoms with E-state index in [0.29, 0.717) is 58.2 Å². The van der Waals surface area contributed by atoms with E-state index in [0.717, 1.165) is 35.6 Å². The molecule has 3 aromatic heterocycles. The molecule has 0 radical (unpaired) electrons. The molecule has 4 heterocycles. The summed E-state index contributed by atoms with van der Waals surface area (Å²) >= 11 is 0. The molecule has 6 rings (SSSR count). The van der Waals surface area contributed by atoms with Gasteiger partial charge in [0.25, 0.3) is 0 Å². The van der Waals surface area contributed by atoms with Gasteiger partial charge in [-0.3, -0.25) is 9.78 Å². The molecule has 1 fully saturated rings. The Morgan fingerprint density at radius 3 is 2.66 bits per heavy atom. The maximum Gasteiger partial charge on any atom is 0.488 e. The Hall–Kier alpha value is -4.27. The highest BCUT2D eigenvalue weighted by Gasteiger charge is 2.25. The summed E-state index contributed by atoms with van der Waals surface area (Å²) in [6.07, 6.45) is 4.81. The topological polar surface area (TPSA) is 127 Å². The quantitative estimate of drug-likeness (QED) is 0.257. The zero-order chi connectivity index (χ0) is 28.9. The highest BCUT2D eigenvalue weighted by molar-refractivity contribution is 7.81. The number of hydrogen-bond donors (Lipinski definition) is 1. The van der Waals surface area contributed by atoms with Crippen molar-refractivity contribution in [2.45, 2.75) is 39.2 Å². The summed E-state index contributed by atoms with van der Waals surface area (Å²) in [7, 11) is -5.23. The van der Waals surface area contributed by atoms with Gasteiger partial charge in [0.15, 0.2) is 11.2 Å². The molecule has 210 valence electrons. The molecule has 2 aromatic carbocycles. The Kier molecular flexibility index (Phi) is 6.76. The SMILES string of the molecule is CC(C)Cc1cc2c(=O)c3c4ccc(C#N)cc4[nH]c3n(C3CCOCC3)c2cc1-c1cncc(OS(=O)(=O)F)c1. The number of ether oxygens (including phenoxy) is 1. The maximum atomic E-state index is 14.2. The lowest BCUT2D eigenvalue weighted by Gasteiger charge is -2.28. The van der Waals surface area contributed by atoms with Crippen molar-refractivity contribution in [3.63, 3.8) is 0 Å². The number of nitriles is 1. The highest BCUT2D eigenvalue weighted by Crippen LogP contribution is 2.37. The molecule has 0 unspecified atom stereocenters. The van der Waals surface area contributed by atoms with Gasteiger partial charge in [0.05, 0.1) is 28.7 Å². The summed E-state index contributed by atoms with van der Waals surface area (Å²) in [6, 6.07) is 12.7. The third kappa shape index (κ3) is 5.05. The average Bonchev–Trinajstić information content (AvgIpc) is 3.31. The molecule has 0 aliphatic carbocycles. The number of nitrogens with zero attached hydrogens (tertiary/aromatic N) is 3. The normalized spacial score (nSPS) is 14.7. The first kappa shape index (κ1) is 26.9. The monoisotopic (exact) mass is 574 g/mol. The second-order valence-corrected chi connectivity index (χ2v) is 11.7. The van der Waals surface area contributed by atoms with Crippen molar-refractivity contribution in [3.8, 4) is 22.9 Å². The fraction of sp³-hybridized carbons (Fsp3) is 0.300. The van der Waals surface area contributed by atoms with Crippen molar-refractivity contribution in [2.75, 3.05) is 13.2 Å². The zero-order valence-electron chi connectivity index (χ0n) is 22.5. The molecular formula is C30H27FN4O5S. The number of aromatic nitrogens is 3. The summed E-state index contributed by atoms with van der Waals surface area (Å²) < 4.78 is 47.9. The molecular weight excluding hydrogens is 547 g/mol. The van der Waals surface area contributed by atoms with Crippen molar-refractivity contribution >= 4 is 43.3 Å². The molecule has 0 spiro atoms. The number of nitrogens with one attached hydrogen (secondary N) is 1. The first-order valence-corrected chi connectivity index (χ1v) is 14.7. The first-order chi connectivity index (χ1) is 19.6. The van der Waals surface area contributed by atoms with E-state index in [4.69, 9.17) is 4.74 Å². The van der Waals surface area contributed by atoms with Gasteiger partial charge >= 0.3 is 10.5 Å². The van der Waals surface area contributed by atoms with E-state index < -0.39 is 10.5 Å². The first-order valence-electron chi connectivity index (χ1n) is 13.4. The van der Waals surface area contributed by atoms with E-state index >= 15 is 0 Å². The molecule has 5 aromatic rings. The standard InChI is InChI=1S/C30H27FN4O5S/c1-17(2)9-19-12-25-27(13-24(19)20-11-22(16-33-15-20)40-41(31,37)38)35(21-5-7-39-8-6-21)30-28(29(25)36)23-4-3-18(14-32)10-26(23)34-30/h3-4,10-13,15-17,21,34H,5-9H2,1-2H3. The molecule has 0 bridgehead atoms. The van der Waals surface area contributed by atoms with Crippen molar-refractivity contribution in [1.82, 2.24) is 14.5 Å². The lowest BCUT2D eigenvalue weighted by molar-refractivity contribution is 0.0715. The summed E-state index contributed by atoms with van der Waals surface area (Å²) in [5.74, 6) is -0.00877. The Labute approximate surface area is 235 Å². The van der Waals surface area contributed by atoms with Gasteiger partial charge in [-0.1, -0.05) is 23.8 Å². The van der Waals surface area contributed by atoms with Gasteiger partial charge in [0.1, 0.15) is 5.65 Å². The van der Waals surface area contributed by atoms with Crippen LogP contribution in [0, 0.1) is 17.2 Å². The lowest BCUT2D eigenvalue weighted by atomic mass is 9.91. The van der Waals surface area contributed by atoms with Gasteiger partial charge < -0.3 is 18.5 Å².